The molecule has 0 heterocycles. The summed E-state index contributed by atoms with van der Waals surface area (Å²) in [4.78, 5) is 0. The molecule has 0 spiro atoms. The molecule has 0 atom stereocenters. The molecule has 0 aliphatic heterocycles. The van der Waals surface area contributed by atoms with Gasteiger partial charge in [-0.05, 0) is 43.5 Å². The molecule has 0 saturated heterocycles. The maximum absolute atomic E-state index is 13.3. The van der Waals surface area contributed by atoms with Gasteiger partial charge < -0.3 is 0 Å². The topological polar surface area (TPSA) is 0 Å². The van der Waals surface area contributed by atoms with Crippen LogP contribution in [0.4, 0.5) is 4.39 Å². The summed E-state index contributed by atoms with van der Waals surface area (Å²) < 4.78 is 13.3. The van der Waals surface area contributed by atoms with Crippen LogP contribution in [-0.2, 0) is 0 Å². The van der Waals surface area contributed by atoms with Gasteiger partial charge in [0.25, 0.3) is 0 Å². The van der Waals surface area contributed by atoms with Crippen LogP contribution in [0.15, 0.2) is 35.9 Å². The van der Waals surface area contributed by atoms with E-state index in [2.05, 4.69) is 19.9 Å². The molecule has 106 valence electrons. The summed E-state index contributed by atoms with van der Waals surface area (Å²) in [5.74, 6) is -0.369. The third-order valence-corrected chi connectivity index (χ3v) is 2.94. The first-order chi connectivity index (χ1) is 9.04. The van der Waals surface area contributed by atoms with Gasteiger partial charge in [-0.1, -0.05) is 62.6 Å². The smallest absolute Gasteiger partial charge is 0.142 e. The zero-order valence-electron chi connectivity index (χ0n) is 12.6. The molecule has 0 aliphatic carbocycles. The first kappa shape index (κ1) is 17.9. The van der Waals surface area contributed by atoms with Gasteiger partial charge in [-0.2, -0.15) is 0 Å². The molecule has 1 aromatic carbocycles. The zero-order valence-corrected chi connectivity index (χ0v) is 13.3. The highest BCUT2D eigenvalue weighted by Gasteiger charge is 2.01. The average Bonchev–Trinajstić information content (AvgIpc) is 2.42. The van der Waals surface area contributed by atoms with Gasteiger partial charge in [-0.15, -0.1) is 0 Å². The van der Waals surface area contributed by atoms with Crippen molar-refractivity contribution in [2.45, 2.75) is 47.5 Å². The van der Waals surface area contributed by atoms with E-state index in [1.165, 1.54) is 11.6 Å². The minimum absolute atomic E-state index is 0.166. The highest BCUT2D eigenvalue weighted by Crippen LogP contribution is 2.21. The molecular weight excluding hydrogens is 259 g/mol. The van der Waals surface area contributed by atoms with E-state index >= 15 is 0 Å². The molecule has 0 nitrogen and oxygen atoms in total. The van der Waals surface area contributed by atoms with E-state index in [9.17, 15) is 4.39 Å². The monoisotopic (exact) mass is 282 g/mol. The van der Waals surface area contributed by atoms with E-state index < -0.39 is 0 Å². The van der Waals surface area contributed by atoms with Crippen LogP contribution < -0.4 is 0 Å². The Hall–Kier alpha value is -1.08. The second-order valence-electron chi connectivity index (χ2n) is 4.24. The van der Waals surface area contributed by atoms with Crippen molar-refractivity contribution in [3.8, 4) is 0 Å². The van der Waals surface area contributed by atoms with Gasteiger partial charge in [0.05, 0.1) is 5.02 Å². The van der Waals surface area contributed by atoms with E-state index in [1.807, 2.05) is 32.9 Å². The normalized spacial score (nSPS) is 11.9. The Bertz CT molecular complexity index is 445. The molecule has 0 aromatic heterocycles. The predicted octanol–water partition coefficient (Wildman–Crippen LogP) is 6.66. The molecule has 19 heavy (non-hydrogen) atoms. The highest BCUT2D eigenvalue weighted by molar-refractivity contribution is 6.30. The lowest BCUT2D eigenvalue weighted by Crippen LogP contribution is -1.83. The second-order valence-corrected chi connectivity index (χ2v) is 4.65. The standard InChI is InChI=1S/C15H18ClF.C2H6/c1-4-5-11(2)6-7-12(3)13-8-9-14(16)15(17)10-13;1-2/h6-10H,4-5H2,1-3H3;1-2H3/b11-6+,12-7+;. The number of allylic oxidation sites excluding steroid dienone is 4. The summed E-state index contributed by atoms with van der Waals surface area (Å²) >= 11 is 5.65. The largest absolute Gasteiger partial charge is 0.205 e. The number of halogens is 2. The summed E-state index contributed by atoms with van der Waals surface area (Å²) in [7, 11) is 0. The van der Waals surface area contributed by atoms with Crippen LogP contribution in [0.25, 0.3) is 5.57 Å². The van der Waals surface area contributed by atoms with Crippen molar-refractivity contribution in [2.75, 3.05) is 0 Å². The van der Waals surface area contributed by atoms with Gasteiger partial charge in [-0.25, -0.2) is 4.39 Å². The predicted molar refractivity (Wildman–Crippen MR) is 85.1 cm³/mol. The molecule has 0 saturated carbocycles. The van der Waals surface area contributed by atoms with Crippen LogP contribution in [0.5, 0.6) is 0 Å². The lowest BCUT2D eigenvalue weighted by molar-refractivity contribution is 0.628. The molecule has 2 heteroatoms. The summed E-state index contributed by atoms with van der Waals surface area (Å²) in [6.45, 7) is 10.2. The third-order valence-electron chi connectivity index (χ3n) is 2.64. The third kappa shape index (κ3) is 6.58. The lowest BCUT2D eigenvalue weighted by Gasteiger charge is -2.02. The fourth-order valence-electron chi connectivity index (χ4n) is 1.58. The van der Waals surface area contributed by atoms with Gasteiger partial charge >= 0.3 is 0 Å². The van der Waals surface area contributed by atoms with Crippen LogP contribution in [-0.4, -0.2) is 0 Å². The number of benzene rings is 1. The van der Waals surface area contributed by atoms with Crippen molar-refractivity contribution in [1.29, 1.82) is 0 Å². The summed E-state index contributed by atoms with van der Waals surface area (Å²) in [6, 6.07) is 4.89. The molecular formula is C17H24ClF. The molecule has 0 radical (unpaired) electrons. The molecule has 0 bridgehead atoms. The molecule has 1 aromatic rings. The van der Waals surface area contributed by atoms with Crippen molar-refractivity contribution < 1.29 is 4.39 Å². The van der Waals surface area contributed by atoms with E-state index in [4.69, 9.17) is 11.6 Å². The molecule has 0 aliphatic rings. The summed E-state index contributed by atoms with van der Waals surface area (Å²) in [5, 5.41) is 0.166. The first-order valence-electron chi connectivity index (χ1n) is 6.84. The molecule has 0 amide bonds. The van der Waals surface area contributed by atoms with Crippen LogP contribution in [0.2, 0.25) is 5.02 Å². The Morgan fingerprint density at radius 3 is 2.37 bits per heavy atom. The van der Waals surface area contributed by atoms with Gasteiger partial charge in [0.15, 0.2) is 0 Å². The van der Waals surface area contributed by atoms with Gasteiger partial charge in [0.2, 0.25) is 0 Å². The van der Waals surface area contributed by atoms with Crippen molar-refractivity contribution in [3.05, 3.63) is 52.3 Å². The molecule has 0 fully saturated rings. The van der Waals surface area contributed by atoms with Gasteiger partial charge in [0, 0.05) is 0 Å². The number of hydrogen-bond acceptors (Lipinski definition) is 0. The van der Waals surface area contributed by atoms with Gasteiger partial charge in [0.1, 0.15) is 5.82 Å². The fourth-order valence-corrected chi connectivity index (χ4v) is 1.70. The Kier molecular flexibility index (Phi) is 9.24. The van der Waals surface area contributed by atoms with Crippen LogP contribution >= 0.6 is 11.6 Å². The molecule has 0 N–H and O–H groups in total. The first-order valence-corrected chi connectivity index (χ1v) is 7.22. The Balaban J connectivity index is 0.00000154. The Morgan fingerprint density at radius 1 is 1.21 bits per heavy atom. The minimum atomic E-state index is -0.369. The summed E-state index contributed by atoms with van der Waals surface area (Å²) in [5.41, 5.74) is 3.24. The van der Waals surface area contributed by atoms with E-state index in [-0.39, 0.29) is 10.8 Å². The van der Waals surface area contributed by atoms with Crippen LogP contribution in [0.3, 0.4) is 0 Å². The maximum atomic E-state index is 13.3. The molecule has 1 rings (SSSR count). The van der Waals surface area contributed by atoms with Crippen molar-refractivity contribution in [2.24, 2.45) is 0 Å². The molecule has 0 unspecified atom stereocenters. The van der Waals surface area contributed by atoms with Crippen molar-refractivity contribution in [3.63, 3.8) is 0 Å². The van der Waals surface area contributed by atoms with Crippen LogP contribution in [0, 0.1) is 5.82 Å². The highest BCUT2D eigenvalue weighted by atomic mass is 35.5. The van der Waals surface area contributed by atoms with Crippen molar-refractivity contribution in [1.82, 2.24) is 0 Å². The minimum Gasteiger partial charge on any atom is -0.205 e. The number of hydrogen-bond donors (Lipinski definition) is 0. The zero-order chi connectivity index (χ0) is 14.8. The maximum Gasteiger partial charge on any atom is 0.142 e. The van der Waals surface area contributed by atoms with Crippen molar-refractivity contribution >= 4 is 17.2 Å². The fraction of sp³-hybridized carbons (Fsp3) is 0.412. The second kappa shape index (κ2) is 9.80. The lowest BCUT2D eigenvalue weighted by atomic mass is 10.1. The SMILES string of the molecule is CC.CCC/C(C)=C/C=C(\C)c1ccc(Cl)c(F)c1. The van der Waals surface area contributed by atoms with Gasteiger partial charge in [-0.3, -0.25) is 0 Å². The Labute approximate surface area is 122 Å². The number of rotatable bonds is 4. The summed E-state index contributed by atoms with van der Waals surface area (Å²) in [6.07, 6.45) is 6.35. The van der Waals surface area contributed by atoms with E-state index in [1.54, 1.807) is 6.07 Å². The van der Waals surface area contributed by atoms with E-state index in [0.717, 1.165) is 24.0 Å². The Morgan fingerprint density at radius 2 is 1.84 bits per heavy atom. The van der Waals surface area contributed by atoms with E-state index in [0.29, 0.717) is 0 Å². The quantitative estimate of drug-likeness (QED) is 0.542. The average molecular weight is 283 g/mol. The van der Waals surface area contributed by atoms with Crippen LogP contribution in [0.1, 0.15) is 53.0 Å².